The fourth-order valence-corrected chi connectivity index (χ4v) is 3.28. The van der Waals surface area contributed by atoms with Crippen LogP contribution in [0.1, 0.15) is 12.5 Å². The van der Waals surface area contributed by atoms with Crippen molar-refractivity contribution in [3.05, 3.63) is 58.8 Å². The molecule has 1 aromatic heterocycles. The first-order valence-corrected chi connectivity index (χ1v) is 9.10. The first kappa shape index (κ1) is 17.6. The van der Waals surface area contributed by atoms with Crippen molar-refractivity contribution in [2.75, 3.05) is 0 Å². The van der Waals surface area contributed by atoms with Crippen molar-refractivity contribution in [3.8, 4) is 0 Å². The molecule has 0 saturated heterocycles. The summed E-state index contributed by atoms with van der Waals surface area (Å²) < 4.78 is 27.6. The zero-order valence-electron chi connectivity index (χ0n) is 12.4. The van der Waals surface area contributed by atoms with E-state index >= 15 is 0 Å². The number of halogens is 1. The minimum Gasteiger partial charge on any atom is -0.351 e. The molecule has 0 fully saturated rings. The van der Waals surface area contributed by atoms with Crippen molar-refractivity contribution in [2.24, 2.45) is 0 Å². The van der Waals surface area contributed by atoms with E-state index in [1.165, 1.54) is 19.1 Å². The molecule has 0 radical (unpaired) electrons. The second kappa shape index (κ2) is 7.67. The Hall–Kier alpha value is -1.77. The molecule has 0 spiro atoms. The Morgan fingerprint density at radius 2 is 1.96 bits per heavy atom. The standard InChI is InChI=1S/C15H16BrN3O3S/c1-11(15(20)18-10-12-3-2-8-17-9-12)19-23(21,22)14-6-4-13(16)5-7-14/h2-9,11,19H,10H2,1H3,(H,18,20)/t11-/m0/s1. The quantitative estimate of drug-likeness (QED) is 0.777. The van der Waals surface area contributed by atoms with Gasteiger partial charge in [0.15, 0.2) is 0 Å². The summed E-state index contributed by atoms with van der Waals surface area (Å²) in [5, 5.41) is 2.67. The van der Waals surface area contributed by atoms with E-state index in [1.54, 1.807) is 30.6 Å². The van der Waals surface area contributed by atoms with Gasteiger partial charge in [0.1, 0.15) is 0 Å². The summed E-state index contributed by atoms with van der Waals surface area (Å²) in [5.74, 6) is -0.408. The van der Waals surface area contributed by atoms with Gasteiger partial charge in [-0.2, -0.15) is 4.72 Å². The van der Waals surface area contributed by atoms with Gasteiger partial charge in [0.05, 0.1) is 10.9 Å². The smallest absolute Gasteiger partial charge is 0.241 e. The SMILES string of the molecule is C[C@H](NS(=O)(=O)c1ccc(Br)cc1)C(=O)NCc1cccnc1. The van der Waals surface area contributed by atoms with Crippen molar-refractivity contribution in [2.45, 2.75) is 24.4 Å². The second-order valence-corrected chi connectivity index (χ2v) is 7.51. The molecule has 2 N–H and O–H groups in total. The summed E-state index contributed by atoms with van der Waals surface area (Å²) in [5.41, 5.74) is 0.837. The minimum atomic E-state index is -3.75. The monoisotopic (exact) mass is 397 g/mol. The van der Waals surface area contributed by atoms with Crippen LogP contribution in [0.4, 0.5) is 0 Å². The Balaban J connectivity index is 1.96. The van der Waals surface area contributed by atoms with E-state index in [2.05, 4.69) is 31.0 Å². The fraction of sp³-hybridized carbons (Fsp3) is 0.200. The van der Waals surface area contributed by atoms with E-state index in [-0.39, 0.29) is 11.4 Å². The highest BCUT2D eigenvalue weighted by atomic mass is 79.9. The van der Waals surface area contributed by atoms with E-state index < -0.39 is 22.0 Å². The van der Waals surface area contributed by atoms with E-state index in [0.717, 1.165) is 10.0 Å². The van der Waals surface area contributed by atoms with Crippen LogP contribution in [0.15, 0.2) is 58.2 Å². The summed E-state index contributed by atoms with van der Waals surface area (Å²) in [7, 11) is -3.75. The van der Waals surface area contributed by atoms with Crippen molar-refractivity contribution in [3.63, 3.8) is 0 Å². The molecule has 2 aromatic rings. The molecule has 1 aromatic carbocycles. The lowest BCUT2D eigenvalue weighted by atomic mass is 10.2. The number of nitrogens with zero attached hydrogens (tertiary/aromatic N) is 1. The highest BCUT2D eigenvalue weighted by Gasteiger charge is 2.21. The number of carbonyl (C=O) groups excluding carboxylic acids is 1. The number of carbonyl (C=O) groups is 1. The molecule has 0 bridgehead atoms. The first-order chi connectivity index (χ1) is 10.9. The lowest BCUT2D eigenvalue weighted by molar-refractivity contribution is -0.122. The number of rotatable bonds is 6. The number of benzene rings is 1. The molecule has 122 valence electrons. The van der Waals surface area contributed by atoms with Crippen molar-refractivity contribution in [1.29, 1.82) is 0 Å². The lowest BCUT2D eigenvalue weighted by Gasteiger charge is -2.14. The van der Waals surface area contributed by atoms with Gasteiger partial charge in [-0.15, -0.1) is 0 Å². The molecular weight excluding hydrogens is 382 g/mol. The van der Waals surface area contributed by atoms with Crippen LogP contribution in [0, 0.1) is 0 Å². The van der Waals surface area contributed by atoms with Gasteiger partial charge in [-0.05, 0) is 42.8 Å². The average molecular weight is 398 g/mol. The van der Waals surface area contributed by atoms with Crippen LogP contribution in [0.25, 0.3) is 0 Å². The molecule has 8 heteroatoms. The summed E-state index contributed by atoms with van der Waals surface area (Å²) in [6.07, 6.45) is 3.28. The van der Waals surface area contributed by atoms with Crippen molar-refractivity contribution in [1.82, 2.24) is 15.0 Å². The van der Waals surface area contributed by atoms with Crippen molar-refractivity contribution < 1.29 is 13.2 Å². The fourth-order valence-electron chi connectivity index (χ4n) is 1.81. The van der Waals surface area contributed by atoms with Crippen LogP contribution >= 0.6 is 15.9 Å². The molecular formula is C15H16BrN3O3S. The van der Waals surface area contributed by atoms with Crippen LogP contribution in [0.5, 0.6) is 0 Å². The van der Waals surface area contributed by atoms with Crippen LogP contribution in [0.3, 0.4) is 0 Å². The Bertz CT molecular complexity index is 764. The second-order valence-electron chi connectivity index (χ2n) is 4.88. The zero-order valence-corrected chi connectivity index (χ0v) is 14.8. The molecule has 1 amide bonds. The predicted molar refractivity (Wildman–Crippen MR) is 90.0 cm³/mol. The Morgan fingerprint density at radius 1 is 1.26 bits per heavy atom. The zero-order chi connectivity index (χ0) is 16.9. The molecule has 2 rings (SSSR count). The number of nitrogens with one attached hydrogen (secondary N) is 2. The topological polar surface area (TPSA) is 88.2 Å². The maximum atomic E-state index is 12.2. The normalized spacial score (nSPS) is 12.6. The van der Waals surface area contributed by atoms with Crippen LogP contribution < -0.4 is 10.0 Å². The van der Waals surface area contributed by atoms with Crippen molar-refractivity contribution >= 4 is 31.9 Å². The van der Waals surface area contributed by atoms with Gasteiger partial charge < -0.3 is 5.32 Å². The van der Waals surface area contributed by atoms with E-state index in [4.69, 9.17) is 0 Å². The third kappa shape index (κ3) is 5.12. The first-order valence-electron chi connectivity index (χ1n) is 6.83. The molecule has 23 heavy (non-hydrogen) atoms. The summed E-state index contributed by atoms with van der Waals surface area (Å²) in [6, 6.07) is 8.88. The van der Waals surface area contributed by atoms with Gasteiger partial charge in [0, 0.05) is 23.4 Å². The molecule has 1 atom stereocenters. The third-order valence-electron chi connectivity index (χ3n) is 3.04. The number of sulfonamides is 1. The van der Waals surface area contributed by atoms with Crippen LogP contribution in [-0.4, -0.2) is 25.4 Å². The molecule has 0 aliphatic carbocycles. The minimum absolute atomic E-state index is 0.104. The van der Waals surface area contributed by atoms with Crippen LogP contribution in [-0.2, 0) is 21.4 Å². The Kier molecular flexibility index (Phi) is 5.86. The molecule has 1 heterocycles. The molecule has 0 aliphatic heterocycles. The highest BCUT2D eigenvalue weighted by Crippen LogP contribution is 2.14. The molecule has 6 nitrogen and oxygen atoms in total. The summed E-state index contributed by atoms with van der Waals surface area (Å²) >= 11 is 3.24. The highest BCUT2D eigenvalue weighted by molar-refractivity contribution is 9.10. The maximum Gasteiger partial charge on any atom is 0.241 e. The average Bonchev–Trinajstić information content (AvgIpc) is 2.53. The number of hydrogen-bond donors (Lipinski definition) is 2. The van der Waals surface area contributed by atoms with Gasteiger partial charge >= 0.3 is 0 Å². The Morgan fingerprint density at radius 3 is 2.57 bits per heavy atom. The number of aromatic nitrogens is 1. The van der Waals surface area contributed by atoms with Gasteiger partial charge in [-0.1, -0.05) is 22.0 Å². The maximum absolute atomic E-state index is 12.2. The van der Waals surface area contributed by atoms with Gasteiger partial charge in [0.25, 0.3) is 0 Å². The lowest BCUT2D eigenvalue weighted by Crippen LogP contribution is -2.44. The predicted octanol–water partition coefficient (Wildman–Crippen LogP) is 1.83. The summed E-state index contributed by atoms with van der Waals surface area (Å²) in [6.45, 7) is 1.78. The van der Waals surface area contributed by atoms with E-state index in [9.17, 15) is 13.2 Å². The molecule has 0 aliphatic rings. The Labute approximate surface area is 143 Å². The largest absolute Gasteiger partial charge is 0.351 e. The molecule has 0 saturated carbocycles. The number of hydrogen-bond acceptors (Lipinski definition) is 4. The van der Waals surface area contributed by atoms with Gasteiger partial charge in [-0.3, -0.25) is 9.78 Å². The number of pyridine rings is 1. The van der Waals surface area contributed by atoms with Gasteiger partial charge in [-0.25, -0.2) is 8.42 Å². The number of amides is 1. The van der Waals surface area contributed by atoms with E-state index in [1.807, 2.05) is 6.07 Å². The van der Waals surface area contributed by atoms with E-state index in [0.29, 0.717) is 0 Å². The third-order valence-corrected chi connectivity index (χ3v) is 5.12. The summed E-state index contributed by atoms with van der Waals surface area (Å²) in [4.78, 5) is 16.1. The molecule has 0 unspecified atom stereocenters. The van der Waals surface area contributed by atoms with Crippen LogP contribution in [0.2, 0.25) is 0 Å². The van der Waals surface area contributed by atoms with Gasteiger partial charge in [0.2, 0.25) is 15.9 Å².